The number of H-pyrrole nitrogens is 1. The van der Waals surface area contributed by atoms with Crippen LogP contribution in [0.5, 0.6) is 0 Å². The van der Waals surface area contributed by atoms with Gasteiger partial charge in [0.25, 0.3) is 5.91 Å². The molecule has 2 aromatic carbocycles. The van der Waals surface area contributed by atoms with Crippen molar-refractivity contribution in [2.45, 2.75) is 25.8 Å². The highest BCUT2D eigenvalue weighted by atomic mass is 16.5. The van der Waals surface area contributed by atoms with Gasteiger partial charge in [0.1, 0.15) is 0 Å². The zero-order valence-electron chi connectivity index (χ0n) is 19.5. The summed E-state index contributed by atoms with van der Waals surface area (Å²) in [5.41, 5.74) is 3.69. The monoisotopic (exact) mass is 459 g/mol. The van der Waals surface area contributed by atoms with Gasteiger partial charge in [0.05, 0.1) is 24.5 Å². The molecule has 34 heavy (non-hydrogen) atoms. The smallest absolute Gasteiger partial charge is 0.339 e. The summed E-state index contributed by atoms with van der Waals surface area (Å²) in [4.78, 5) is 32.9. The first kappa shape index (κ1) is 22.4. The lowest BCUT2D eigenvalue weighted by molar-refractivity contribution is -0.130. The predicted octanol–water partition coefficient (Wildman–Crippen LogP) is 3.86. The summed E-state index contributed by atoms with van der Waals surface area (Å²) in [6, 6.07) is 15.4. The number of hydrogen-bond donors (Lipinski definition) is 2. The van der Waals surface area contributed by atoms with E-state index in [4.69, 9.17) is 4.74 Å². The Kier molecular flexibility index (Phi) is 5.75. The number of ether oxygens (including phenoxy) is 1. The number of fused-ring (bicyclic) bond motifs is 3. The second kappa shape index (κ2) is 8.74. The maximum atomic E-state index is 13.5. The Morgan fingerprint density at radius 2 is 1.76 bits per heavy atom. The van der Waals surface area contributed by atoms with Gasteiger partial charge in [-0.2, -0.15) is 0 Å². The number of carbonyl (C=O) groups excluding carboxylic acids is 1. The predicted molar refractivity (Wildman–Crippen MR) is 131 cm³/mol. The minimum atomic E-state index is -1.07. The number of nitrogens with one attached hydrogen (secondary N) is 1. The van der Waals surface area contributed by atoms with Crippen LogP contribution in [-0.2, 0) is 21.5 Å². The highest BCUT2D eigenvalue weighted by Gasteiger charge is 2.37. The van der Waals surface area contributed by atoms with Gasteiger partial charge >= 0.3 is 5.97 Å². The number of carboxylic acids is 1. The Labute approximate surface area is 198 Å². The molecular weight excluding hydrogens is 430 g/mol. The molecule has 176 valence electrons. The van der Waals surface area contributed by atoms with E-state index in [0.29, 0.717) is 17.8 Å². The molecule has 7 heteroatoms. The first-order chi connectivity index (χ1) is 16.3. The van der Waals surface area contributed by atoms with Gasteiger partial charge in [0.2, 0.25) is 0 Å². The summed E-state index contributed by atoms with van der Waals surface area (Å²) in [5, 5.41) is 11.0. The number of aromatic nitrogens is 1. The van der Waals surface area contributed by atoms with Gasteiger partial charge in [-0.25, -0.2) is 4.79 Å². The van der Waals surface area contributed by atoms with Crippen molar-refractivity contribution in [2.75, 3.05) is 32.8 Å². The third-order valence-electron chi connectivity index (χ3n) is 6.70. The number of aromatic amines is 1. The average molecular weight is 460 g/mol. The number of aliphatic carboxylic acids is 1. The molecule has 5 rings (SSSR count). The van der Waals surface area contributed by atoms with Crippen LogP contribution in [0.15, 0.2) is 54.7 Å². The van der Waals surface area contributed by atoms with Crippen LogP contribution in [0, 0.1) is 0 Å². The van der Waals surface area contributed by atoms with E-state index in [2.05, 4.69) is 23.7 Å². The number of rotatable bonds is 4. The zero-order valence-corrected chi connectivity index (χ0v) is 19.5. The van der Waals surface area contributed by atoms with Gasteiger partial charge in [-0.1, -0.05) is 44.2 Å². The normalized spacial score (nSPS) is 18.3. The number of morpholine rings is 1. The summed E-state index contributed by atoms with van der Waals surface area (Å²) in [7, 11) is 0. The number of para-hydroxylation sites is 1. The second-order valence-electron chi connectivity index (χ2n) is 9.67. The molecule has 0 atom stereocenters. The fourth-order valence-electron chi connectivity index (χ4n) is 5.05. The van der Waals surface area contributed by atoms with E-state index >= 15 is 0 Å². The van der Waals surface area contributed by atoms with Gasteiger partial charge in [-0.15, -0.1) is 0 Å². The van der Waals surface area contributed by atoms with Crippen LogP contribution in [0.4, 0.5) is 0 Å². The summed E-state index contributed by atoms with van der Waals surface area (Å²) < 4.78 is 5.41. The van der Waals surface area contributed by atoms with Crippen LogP contribution >= 0.6 is 0 Å². The van der Waals surface area contributed by atoms with Crippen LogP contribution in [0.25, 0.3) is 16.5 Å². The molecule has 0 aliphatic carbocycles. The molecule has 7 nitrogen and oxygen atoms in total. The van der Waals surface area contributed by atoms with E-state index in [1.165, 1.54) is 6.20 Å². The van der Waals surface area contributed by atoms with Crippen molar-refractivity contribution in [2.24, 2.45) is 0 Å². The minimum absolute atomic E-state index is 0.0917. The second-order valence-corrected chi connectivity index (χ2v) is 9.67. The van der Waals surface area contributed by atoms with E-state index in [-0.39, 0.29) is 11.5 Å². The highest BCUT2D eigenvalue weighted by Crippen LogP contribution is 2.40. The molecule has 0 saturated carbocycles. The Morgan fingerprint density at radius 3 is 2.47 bits per heavy atom. The molecule has 0 radical (unpaired) electrons. The lowest BCUT2D eigenvalue weighted by Gasteiger charge is -2.30. The maximum absolute atomic E-state index is 13.5. The lowest BCUT2D eigenvalue weighted by atomic mass is 9.81. The Hall–Kier alpha value is -3.42. The van der Waals surface area contributed by atoms with Gasteiger partial charge < -0.3 is 19.7 Å². The minimum Gasteiger partial charge on any atom is -0.478 e. The van der Waals surface area contributed by atoms with Crippen molar-refractivity contribution in [3.8, 4) is 0 Å². The molecule has 1 fully saturated rings. The maximum Gasteiger partial charge on any atom is 0.339 e. The fourth-order valence-corrected chi connectivity index (χ4v) is 5.05. The molecule has 1 amide bonds. The van der Waals surface area contributed by atoms with Crippen molar-refractivity contribution >= 4 is 28.4 Å². The van der Waals surface area contributed by atoms with E-state index < -0.39 is 11.4 Å². The largest absolute Gasteiger partial charge is 0.478 e. The molecule has 0 bridgehead atoms. The molecule has 3 aromatic rings. The van der Waals surface area contributed by atoms with Gasteiger partial charge in [-0.3, -0.25) is 9.69 Å². The Morgan fingerprint density at radius 1 is 1.06 bits per heavy atom. The highest BCUT2D eigenvalue weighted by molar-refractivity contribution is 6.17. The summed E-state index contributed by atoms with van der Waals surface area (Å²) in [5.74, 6) is -1.27. The van der Waals surface area contributed by atoms with Crippen LogP contribution in [0.3, 0.4) is 0 Å². The van der Waals surface area contributed by atoms with Crippen LogP contribution < -0.4 is 0 Å². The van der Waals surface area contributed by atoms with Crippen molar-refractivity contribution in [1.82, 2.24) is 14.8 Å². The number of benzene rings is 2. The standard InChI is InChI=1S/C27H29N3O4/c1-27(2)17-30(16-21(26(32)33)24-23(27)20-5-3-4-6-22(20)28-24)25(31)19-9-7-18(8-10-19)15-29-11-13-34-14-12-29/h3-10,16,28H,11-15,17H2,1-2H3,(H,32,33). The molecule has 0 spiro atoms. The Bertz CT molecular complexity index is 1270. The van der Waals surface area contributed by atoms with Gasteiger partial charge in [0, 0.05) is 54.3 Å². The van der Waals surface area contributed by atoms with Crippen LogP contribution in [0.2, 0.25) is 0 Å². The third kappa shape index (κ3) is 4.13. The third-order valence-corrected chi connectivity index (χ3v) is 6.70. The van der Waals surface area contributed by atoms with Crippen molar-refractivity contribution in [3.63, 3.8) is 0 Å². The van der Waals surface area contributed by atoms with Crippen molar-refractivity contribution < 1.29 is 19.4 Å². The summed E-state index contributed by atoms with van der Waals surface area (Å²) in [6.45, 7) is 8.59. The first-order valence-electron chi connectivity index (χ1n) is 11.6. The van der Waals surface area contributed by atoms with E-state index in [0.717, 1.165) is 54.9 Å². The van der Waals surface area contributed by atoms with Crippen molar-refractivity contribution in [1.29, 1.82) is 0 Å². The van der Waals surface area contributed by atoms with E-state index in [1.54, 1.807) is 4.90 Å². The molecule has 2 N–H and O–H groups in total. The van der Waals surface area contributed by atoms with Crippen LogP contribution in [0.1, 0.15) is 41.0 Å². The number of carboxylic acid groups (broad SMARTS) is 1. The van der Waals surface area contributed by atoms with E-state index in [1.807, 2.05) is 48.5 Å². The molecule has 3 heterocycles. The molecule has 1 aromatic heterocycles. The first-order valence-corrected chi connectivity index (χ1v) is 11.6. The number of nitrogens with zero attached hydrogens (tertiary/aromatic N) is 2. The average Bonchev–Trinajstić information content (AvgIpc) is 3.17. The van der Waals surface area contributed by atoms with Gasteiger partial charge in [-0.05, 0) is 29.3 Å². The topological polar surface area (TPSA) is 85.9 Å². The molecule has 2 aliphatic heterocycles. The molecule has 2 aliphatic rings. The van der Waals surface area contributed by atoms with Crippen LogP contribution in [-0.4, -0.2) is 64.6 Å². The Balaban J connectivity index is 1.46. The molecule has 0 unspecified atom stereocenters. The SMILES string of the molecule is CC1(C)CN(C(=O)c2ccc(CN3CCOCC3)cc2)C=C(C(=O)O)c2[nH]c3ccccc3c21. The number of amides is 1. The van der Waals surface area contributed by atoms with Gasteiger partial charge in [0.15, 0.2) is 0 Å². The molecular formula is C27H29N3O4. The fraction of sp³-hybridized carbons (Fsp3) is 0.333. The molecule has 1 saturated heterocycles. The quantitative estimate of drug-likeness (QED) is 0.619. The lowest BCUT2D eigenvalue weighted by Crippen LogP contribution is -2.37. The van der Waals surface area contributed by atoms with Crippen molar-refractivity contribution in [3.05, 3.63) is 77.1 Å². The zero-order chi connectivity index (χ0) is 23.9. The summed E-state index contributed by atoms with van der Waals surface area (Å²) >= 11 is 0. The van der Waals surface area contributed by atoms with E-state index in [9.17, 15) is 14.7 Å². The number of carbonyl (C=O) groups is 2. The number of hydrogen-bond acceptors (Lipinski definition) is 4. The summed E-state index contributed by atoms with van der Waals surface area (Å²) in [6.07, 6.45) is 1.48.